The second-order valence-electron chi connectivity index (χ2n) is 4.54. The number of thioether (sulfide) groups is 1. The molecule has 2 aromatic carbocycles. The molecule has 2 aromatic rings. The van der Waals surface area contributed by atoms with Gasteiger partial charge in [-0.3, -0.25) is 0 Å². The van der Waals surface area contributed by atoms with Crippen molar-refractivity contribution in [2.45, 2.75) is 24.8 Å². The molecule has 0 saturated carbocycles. The van der Waals surface area contributed by atoms with Gasteiger partial charge in [-0.05, 0) is 36.6 Å². The van der Waals surface area contributed by atoms with Crippen molar-refractivity contribution in [3.05, 3.63) is 65.2 Å². The van der Waals surface area contributed by atoms with Gasteiger partial charge in [-0.15, -0.1) is 11.8 Å². The van der Waals surface area contributed by atoms with Crippen LogP contribution < -0.4 is 5.73 Å². The van der Waals surface area contributed by atoms with E-state index in [1.807, 2.05) is 11.8 Å². The summed E-state index contributed by atoms with van der Waals surface area (Å²) in [6, 6.07) is 16.9. The Morgan fingerprint density at radius 2 is 1.56 bits per heavy atom. The summed E-state index contributed by atoms with van der Waals surface area (Å²) in [5.74, 6) is 0.912. The second-order valence-corrected chi connectivity index (χ2v) is 5.60. The number of hydrogen-bond donors (Lipinski definition) is 1. The predicted octanol–water partition coefficient (Wildman–Crippen LogP) is 4.10. The van der Waals surface area contributed by atoms with Crippen molar-refractivity contribution in [1.82, 2.24) is 0 Å². The molecule has 0 aliphatic carbocycles. The van der Waals surface area contributed by atoms with Crippen LogP contribution in [0.2, 0.25) is 0 Å². The molecule has 0 heterocycles. The summed E-state index contributed by atoms with van der Waals surface area (Å²) in [6.45, 7) is 4.26. The van der Waals surface area contributed by atoms with E-state index in [0.717, 1.165) is 5.75 Å². The lowest BCUT2D eigenvalue weighted by Crippen LogP contribution is -2.14. The zero-order valence-electron chi connectivity index (χ0n) is 10.9. The van der Waals surface area contributed by atoms with Crippen molar-refractivity contribution < 1.29 is 0 Å². The predicted molar refractivity (Wildman–Crippen MR) is 80.0 cm³/mol. The highest BCUT2D eigenvalue weighted by molar-refractivity contribution is 7.99. The normalized spacial score (nSPS) is 12.4. The van der Waals surface area contributed by atoms with Crippen LogP contribution in [0.5, 0.6) is 0 Å². The fraction of sp³-hybridized carbons (Fsp3) is 0.250. The van der Waals surface area contributed by atoms with Crippen LogP contribution >= 0.6 is 11.8 Å². The van der Waals surface area contributed by atoms with Gasteiger partial charge in [0, 0.05) is 16.7 Å². The molecule has 0 amide bonds. The third-order valence-corrected chi connectivity index (χ3v) is 4.39. The topological polar surface area (TPSA) is 26.0 Å². The summed E-state index contributed by atoms with van der Waals surface area (Å²) < 4.78 is 0. The monoisotopic (exact) mass is 257 g/mol. The van der Waals surface area contributed by atoms with Gasteiger partial charge in [-0.2, -0.15) is 0 Å². The molecule has 18 heavy (non-hydrogen) atoms. The molecule has 0 spiro atoms. The van der Waals surface area contributed by atoms with Gasteiger partial charge in [-0.25, -0.2) is 0 Å². The quantitative estimate of drug-likeness (QED) is 0.835. The van der Waals surface area contributed by atoms with Gasteiger partial charge in [0.1, 0.15) is 0 Å². The zero-order chi connectivity index (χ0) is 13.0. The minimum Gasteiger partial charge on any atom is -0.323 e. The lowest BCUT2D eigenvalue weighted by molar-refractivity contribution is 0.822. The molecule has 0 aliphatic heterocycles. The minimum absolute atomic E-state index is 0.0933. The average molecular weight is 257 g/mol. The molecule has 0 aliphatic rings. The number of benzene rings is 2. The summed E-state index contributed by atoms with van der Waals surface area (Å²) in [7, 11) is 0. The molecule has 0 bridgehead atoms. The first-order chi connectivity index (χ1) is 8.68. The SMILES string of the molecule is Cc1ccccc1SCC(N)c1ccccc1C. The van der Waals surface area contributed by atoms with Crippen molar-refractivity contribution in [3.63, 3.8) is 0 Å². The molecule has 1 nitrogen and oxygen atoms in total. The second kappa shape index (κ2) is 6.07. The standard InChI is InChI=1S/C16H19NS/c1-12-7-3-5-9-14(12)15(17)11-18-16-10-6-4-8-13(16)2/h3-10,15H,11,17H2,1-2H3. The third kappa shape index (κ3) is 3.15. The molecular formula is C16H19NS. The fourth-order valence-electron chi connectivity index (χ4n) is 1.99. The van der Waals surface area contributed by atoms with Crippen LogP contribution in [-0.4, -0.2) is 5.75 Å². The van der Waals surface area contributed by atoms with Gasteiger partial charge < -0.3 is 5.73 Å². The Morgan fingerprint density at radius 3 is 2.22 bits per heavy atom. The molecule has 2 heteroatoms. The Morgan fingerprint density at radius 1 is 0.944 bits per heavy atom. The molecular weight excluding hydrogens is 238 g/mol. The highest BCUT2D eigenvalue weighted by Gasteiger charge is 2.09. The maximum Gasteiger partial charge on any atom is 0.0392 e. The Labute approximate surface area is 113 Å². The van der Waals surface area contributed by atoms with E-state index in [4.69, 9.17) is 5.73 Å². The summed E-state index contributed by atoms with van der Waals surface area (Å²) in [6.07, 6.45) is 0. The Balaban J connectivity index is 2.03. The average Bonchev–Trinajstić information content (AvgIpc) is 2.38. The van der Waals surface area contributed by atoms with Crippen LogP contribution in [0.4, 0.5) is 0 Å². The molecule has 2 N–H and O–H groups in total. The lowest BCUT2D eigenvalue weighted by Gasteiger charge is -2.15. The highest BCUT2D eigenvalue weighted by Crippen LogP contribution is 2.26. The molecule has 1 atom stereocenters. The minimum atomic E-state index is 0.0933. The lowest BCUT2D eigenvalue weighted by atomic mass is 10.0. The van der Waals surface area contributed by atoms with Gasteiger partial charge in [0.15, 0.2) is 0 Å². The van der Waals surface area contributed by atoms with E-state index in [9.17, 15) is 0 Å². The van der Waals surface area contributed by atoms with Crippen molar-refractivity contribution in [2.24, 2.45) is 5.73 Å². The molecule has 94 valence electrons. The van der Waals surface area contributed by atoms with Crippen molar-refractivity contribution in [1.29, 1.82) is 0 Å². The number of hydrogen-bond acceptors (Lipinski definition) is 2. The summed E-state index contributed by atoms with van der Waals surface area (Å²) >= 11 is 1.83. The smallest absolute Gasteiger partial charge is 0.0392 e. The van der Waals surface area contributed by atoms with E-state index in [2.05, 4.69) is 62.4 Å². The van der Waals surface area contributed by atoms with Crippen molar-refractivity contribution >= 4 is 11.8 Å². The van der Waals surface area contributed by atoms with Crippen LogP contribution in [0.1, 0.15) is 22.7 Å². The van der Waals surface area contributed by atoms with E-state index in [0.29, 0.717) is 0 Å². The Kier molecular flexibility index (Phi) is 4.45. The summed E-state index contributed by atoms with van der Waals surface area (Å²) in [4.78, 5) is 1.32. The summed E-state index contributed by atoms with van der Waals surface area (Å²) in [5, 5.41) is 0. The summed E-state index contributed by atoms with van der Waals surface area (Å²) in [5.41, 5.74) is 10.1. The molecule has 0 aromatic heterocycles. The van der Waals surface area contributed by atoms with Crippen LogP contribution in [0.15, 0.2) is 53.4 Å². The van der Waals surface area contributed by atoms with Gasteiger partial charge in [-0.1, -0.05) is 42.5 Å². The maximum absolute atomic E-state index is 6.27. The number of aryl methyl sites for hydroxylation is 2. The van der Waals surface area contributed by atoms with E-state index in [1.54, 1.807) is 0 Å². The number of rotatable bonds is 4. The first-order valence-electron chi connectivity index (χ1n) is 6.18. The van der Waals surface area contributed by atoms with Gasteiger partial charge in [0.25, 0.3) is 0 Å². The molecule has 1 unspecified atom stereocenters. The first kappa shape index (κ1) is 13.2. The zero-order valence-corrected chi connectivity index (χ0v) is 11.7. The molecule has 0 radical (unpaired) electrons. The van der Waals surface area contributed by atoms with E-state index in [-0.39, 0.29) is 6.04 Å². The largest absolute Gasteiger partial charge is 0.323 e. The maximum atomic E-state index is 6.27. The van der Waals surface area contributed by atoms with Gasteiger partial charge >= 0.3 is 0 Å². The third-order valence-electron chi connectivity index (χ3n) is 3.10. The number of nitrogens with two attached hydrogens (primary N) is 1. The fourth-order valence-corrected chi connectivity index (χ4v) is 3.00. The van der Waals surface area contributed by atoms with Crippen LogP contribution in [-0.2, 0) is 0 Å². The van der Waals surface area contributed by atoms with Crippen LogP contribution in [0.25, 0.3) is 0 Å². The Bertz CT molecular complexity index is 522. The molecule has 0 saturated heterocycles. The van der Waals surface area contributed by atoms with Gasteiger partial charge in [0.05, 0.1) is 0 Å². The van der Waals surface area contributed by atoms with Crippen LogP contribution in [0.3, 0.4) is 0 Å². The molecule has 0 fully saturated rings. The Hall–Kier alpha value is -1.25. The van der Waals surface area contributed by atoms with E-state index in [1.165, 1.54) is 21.6 Å². The van der Waals surface area contributed by atoms with Gasteiger partial charge in [0.2, 0.25) is 0 Å². The van der Waals surface area contributed by atoms with E-state index >= 15 is 0 Å². The molecule has 2 rings (SSSR count). The first-order valence-corrected chi connectivity index (χ1v) is 7.16. The van der Waals surface area contributed by atoms with E-state index < -0.39 is 0 Å². The van der Waals surface area contributed by atoms with Crippen molar-refractivity contribution in [3.8, 4) is 0 Å². The van der Waals surface area contributed by atoms with Crippen molar-refractivity contribution in [2.75, 3.05) is 5.75 Å². The highest BCUT2D eigenvalue weighted by atomic mass is 32.2. The van der Waals surface area contributed by atoms with Crippen LogP contribution in [0, 0.1) is 13.8 Å².